The number of guanidine groups is 1. The summed E-state index contributed by atoms with van der Waals surface area (Å²) in [7, 11) is 1.63. The molecule has 0 aliphatic carbocycles. The molecule has 0 atom stereocenters. The Hall–Kier alpha value is -1.76. The minimum Gasteiger partial charge on any atom is -0.491 e. The van der Waals surface area contributed by atoms with Crippen LogP contribution in [0.1, 0.15) is 25.3 Å². The standard InChI is InChI=1S/C20H30F3N5O2.HI/c1-3-25-19(27-15-8-11-28(12-9-15)14-18(29)24-2)26-10-13-30-17-7-5-4-6-16(17)20(21,22)23;/h4-7,15H,3,8-14H2,1-2H3,(H,24,29)(H2,25,26,27);1H. The predicted molar refractivity (Wildman–Crippen MR) is 125 cm³/mol. The van der Waals surface area contributed by atoms with Gasteiger partial charge in [0.1, 0.15) is 12.4 Å². The van der Waals surface area contributed by atoms with E-state index in [2.05, 4.69) is 25.8 Å². The maximum absolute atomic E-state index is 13.0. The Morgan fingerprint density at radius 3 is 2.55 bits per heavy atom. The Morgan fingerprint density at radius 1 is 1.26 bits per heavy atom. The summed E-state index contributed by atoms with van der Waals surface area (Å²) < 4.78 is 44.4. The van der Waals surface area contributed by atoms with Gasteiger partial charge in [-0.1, -0.05) is 12.1 Å². The highest BCUT2D eigenvalue weighted by Gasteiger charge is 2.33. The Bertz CT molecular complexity index is 710. The van der Waals surface area contributed by atoms with Crippen molar-refractivity contribution in [2.24, 2.45) is 4.99 Å². The van der Waals surface area contributed by atoms with E-state index in [1.54, 1.807) is 7.05 Å². The molecule has 0 spiro atoms. The summed E-state index contributed by atoms with van der Waals surface area (Å²) in [6.45, 7) is 4.88. The number of carbonyl (C=O) groups excluding carboxylic acids is 1. The number of aliphatic imine (C=N–C) groups is 1. The van der Waals surface area contributed by atoms with Crippen molar-refractivity contribution in [3.63, 3.8) is 0 Å². The molecular weight excluding hydrogens is 526 g/mol. The number of ether oxygens (including phenoxy) is 1. The average Bonchev–Trinajstić information content (AvgIpc) is 2.72. The molecule has 1 aromatic carbocycles. The summed E-state index contributed by atoms with van der Waals surface area (Å²) in [6.07, 6.45) is -2.71. The summed E-state index contributed by atoms with van der Waals surface area (Å²) >= 11 is 0. The quantitative estimate of drug-likeness (QED) is 0.198. The largest absolute Gasteiger partial charge is 0.491 e. The van der Waals surface area contributed by atoms with Gasteiger partial charge in [-0.2, -0.15) is 13.2 Å². The zero-order chi connectivity index (χ0) is 22.0. The molecule has 2 rings (SSSR count). The van der Waals surface area contributed by atoms with Crippen molar-refractivity contribution in [3.8, 4) is 5.75 Å². The Morgan fingerprint density at radius 2 is 1.94 bits per heavy atom. The molecule has 0 unspecified atom stereocenters. The van der Waals surface area contributed by atoms with E-state index in [1.165, 1.54) is 18.2 Å². The Kier molecular flexibility index (Phi) is 12.0. The van der Waals surface area contributed by atoms with Gasteiger partial charge in [-0.3, -0.25) is 9.69 Å². The molecule has 1 heterocycles. The molecule has 176 valence electrons. The number of para-hydroxylation sites is 1. The monoisotopic (exact) mass is 557 g/mol. The average molecular weight is 557 g/mol. The first-order valence-electron chi connectivity index (χ1n) is 10.1. The molecule has 0 radical (unpaired) electrons. The molecule has 1 saturated heterocycles. The van der Waals surface area contributed by atoms with Crippen molar-refractivity contribution in [2.75, 3.05) is 46.4 Å². The number of hydrogen-bond donors (Lipinski definition) is 3. The van der Waals surface area contributed by atoms with E-state index >= 15 is 0 Å². The first-order chi connectivity index (χ1) is 14.3. The third kappa shape index (κ3) is 9.50. The van der Waals surface area contributed by atoms with Crippen LogP contribution in [-0.4, -0.2) is 69.2 Å². The molecule has 1 aliphatic rings. The minimum atomic E-state index is -4.46. The molecule has 0 aromatic heterocycles. The van der Waals surface area contributed by atoms with Crippen LogP contribution in [0.15, 0.2) is 29.3 Å². The summed E-state index contributed by atoms with van der Waals surface area (Å²) in [4.78, 5) is 18.0. The lowest BCUT2D eigenvalue weighted by atomic mass is 10.1. The molecule has 0 bridgehead atoms. The van der Waals surface area contributed by atoms with Crippen LogP contribution >= 0.6 is 24.0 Å². The molecule has 1 aliphatic heterocycles. The van der Waals surface area contributed by atoms with Crippen LogP contribution in [0.4, 0.5) is 13.2 Å². The van der Waals surface area contributed by atoms with Gasteiger partial charge in [0.2, 0.25) is 5.91 Å². The molecule has 1 amide bonds. The van der Waals surface area contributed by atoms with Crippen molar-refractivity contribution >= 4 is 35.8 Å². The third-order valence-corrected chi connectivity index (χ3v) is 4.73. The predicted octanol–water partition coefficient (Wildman–Crippen LogP) is 2.47. The molecule has 0 saturated carbocycles. The van der Waals surface area contributed by atoms with Gasteiger partial charge < -0.3 is 20.7 Å². The van der Waals surface area contributed by atoms with E-state index < -0.39 is 11.7 Å². The SMILES string of the molecule is CCNC(=NCCOc1ccccc1C(F)(F)F)NC1CCN(CC(=O)NC)CC1.I. The number of amides is 1. The van der Waals surface area contributed by atoms with Crippen molar-refractivity contribution in [1.29, 1.82) is 0 Å². The van der Waals surface area contributed by atoms with E-state index in [9.17, 15) is 18.0 Å². The van der Waals surface area contributed by atoms with Crippen LogP contribution in [0.3, 0.4) is 0 Å². The van der Waals surface area contributed by atoms with Crippen LogP contribution in [0.5, 0.6) is 5.75 Å². The summed E-state index contributed by atoms with van der Waals surface area (Å²) in [5, 5.41) is 9.12. The second kappa shape index (κ2) is 13.6. The van der Waals surface area contributed by atoms with Gasteiger partial charge in [-0.25, -0.2) is 4.99 Å². The Balaban J connectivity index is 0.00000480. The highest BCUT2D eigenvalue weighted by molar-refractivity contribution is 14.0. The minimum absolute atomic E-state index is 0. The number of nitrogens with zero attached hydrogens (tertiary/aromatic N) is 2. The van der Waals surface area contributed by atoms with Gasteiger partial charge in [-0.05, 0) is 31.9 Å². The number of benzene rings is 1. The van der Waals surface area contributed by atoms with Gasteiger partial charge in [0, 0.05) is 32.7 Å². The number of carbonyl (C=O) groups is 1. The number of likely N-dealkylation sites (tertiary alicyclic amines) is 1. The van der Waals surface area contributed by atoms with Crippen LogP contribution < -0.4 is 20.7 Å². The number of hydrogen-bond acceptors (Lipinski definition) is 4. The fourth-order valence-corrected chi connectivity index (χ4v) is 3.17. The number of halogens is 4. The summed E-state index contributed by atoms with van der Waals surface area (Å²) in [5.74, 6) is 0.417. The first kappa shape index (κ1) is 27.3. The maximum atomic E-state index is 13.0. The van der Waals surface area contributed by atoms with Crippen LogP contribution in [0.25, 0.3) is 0 Å². The second-order valence-electron chi connectivity index (χ2n) is 6.97. The highest BCUT2D eigenvalue weighted by atomic mass is 127. The van der Waals surface area contributed by atoms with Gasteiger partial charge in [-0.15, -0.1) is 24.0 Å². The van der Waals surface area contributed by atoms with Crippen molar-refractivity contribution in [2.45, 2.75) is 32.0 Å². The van der Waals surface area contributed by atoms with E-state index in [1.807, 2.05) is 6.92 Å². The molecule has 1 fully saturated rings. The highest BCUT2D eigenvalue weighted by Crippen LogP contribution is 2.35. The van der Waals surface area contributed by atoms with Crippen LogP contribution in [-0.2, 0) is 11.0 Å². The summed E-state index contributed by atoms with van der Waals surface area (Å²) in [5.41, 5.74) is -0.789. The third-order valence-electron chi connectivity index (χ3n) is 4.73. The summed E-state index contributed by atoms with van der Waals surface area (Å²) in [6, 6.07) is 5.37. The number of nitrogens with one attached hydrogen (secondary N) is 3. The van der Waals surface area contributed by atoms with E-state index in [-0.39, 0.29) is 54.8 Å². The number of likely N-dealkylation sites (N-methyl/N-ethyl adjacent to an activating group) is 1. The second-order valence-corrected chi connectivity index (χ2v) is 6.97. The fraction of sp³-hybridized carbons (Fsp3) is 0.600. The first-order valence-corrected chi connectivity index (χ1v) is 10.1. The maximum Gasteiger partial charge on any atom is 0.419 e. The lowest BCUT2D eigenvalue weighted by Gasteiger charge is -2.32. The molecule has 1 aromatic rings. The topological polar surface area (TPSA) is 78.0 Å². The number of piperidine rings is 1. The Labute approximate surface area is 198 Å². The van der Waals surface area contributed by atoms with Gasteiger partial charge in [0.15, 0.2) is 5.96 Å². The fourth-order valence-electron chi connectivity index (χ4n) is 3.17. The lowest BCUT2D eigenvalue weighted by Crippen LogP contribution is -2.50. The number of alkyl halides is 3. The van der Waals surface area contributed by atoms with Crippen LogP contribution in [0, 0.1) is 0 Å². The number of rotatable bonds is 8. The van der Waals surface area contributed by atoms with E-state index in [0.29, 0.717) is 19.0 Å². The normalized spacial score (nSPS) is 15.7. The smallest absolute Gasteiger partial charge is 0.419 e. The van der Waals surface area contributed by atoms with Gasteiger partial charge >= 0.3 is 6.18 Å². The molecule has 7 nitrogen and oxygen atoms in total. The zero-order valence-corrected chi connectivity index (χ0v) is 20.1. The molecule has 31 heavy (non-hydrogen) atoms. The van der Waals surface area contributed by atoms with Crippen LogP contribution in [0.2, 0.25) is 0 Å². The molecule has 3 N–H and O–H groups in total. The molecular formula is C20H31F3IN5O2. The van der Waals surface area contributed by atoms with E-state index in [4.69, 9.17) is 4.74 Å². The lowest BCUT2D eigenvalue weighted by molar-refractivity contribution is -0.139. The van der Waals surface area contributed by atoms with Crippen molar-refractivity contribution < 1.29 is 22.7 Å². The van der Waals surface area contributed by atoms with E-state index in [0.717, 1.165) is 32.0 Å². The molecule has 11 heteroatoms. The zero-order valence-electron chi connectivity index (χ0n) is 17.8. The van der Waals surface area contributed by atoms with Crippen molar-refractivity contribution in [1.82, 2.24) is 20.9 Å². The van der Waals surface area contributed by atoms with Gasteiger partial charge in [0.05, 0.1) is 18.7 Å². The van der Waals surface area contributed by atoms with Crippen molar-refractivity contribution in [3.05, 3.63) is 29.8 Å². The van der Waals surface area contributed by atoms with Gasteiger partial charge in [0.25, 0.3) is 0 Å².